The van der Waals surface area contributed by atoms with Crippen molar-refractivity contribution in [3.63, 3.8) is 0 Å². The quantitative estimate of drug-likeness (QED) is 0.389. The van der Waals surface area contributed by atoms with E-state index in [-0.39, 0.29) is 23.7 Å². The number of hydrogen-bond donors (Lipinski definition) is 1. The third-order valence-corrected chi connectivity index (χ3v) is 5.05. The van der Waals surface area contributed by atoms with E-state index in [1.807, 2.05) is 6.92 Å². The van der Waals surface area contributed by atoms with Gasteiger partial charge in [-0.25, -0.2) is 0 Å². The Kier molecular flexibility index (Phi) is 8.59. The van der Waals surface area contributed by atoms with Gasteiger partial charge in [0.25, 0.3) is 0 Å². The predicted molar refractivity (Wildman–Crippen MR) is 101 cm³/mol. The Balaban J connectivity index is 0.00000288. The van der Waals surface area contributed by atoms with Crippen LogP contribution in [0, 0.1) is 16.7 Å². The van der Waals surface area contributed by atoms with Crippen molar-refractivity contribution in [3.05, 3.63) is 35.4 Å². The van der Waals surface area contributed by atoms with Crippen LogP contribution in [0.15, 0.2) is 24.3 Å². The molecule has 0 bridgehead atoms. The van der Waals surface area contributed by atoms with E-state index in [9.17, 15) is 5.26 Å². The lowest BCUT2D eigenvalue weighted by Gasteiger charge is -2.23. The van der Waals surface area contributed by atoms with E-state index in [0.717, 1.165) is 49.7 Å². The molecule has 1 aliphatic rings. The SMILES string of the molecule is CCOC(=N)C(CCCCl)c1ccc(C2(C#N)CCCC2)cc1.Cl. The summed E-state index contributed by atoms with van der Waals surface area (Å²) in [6.07, 6.45) is 5.82. The fourth-order valence-electron chi connectivity index (χ4n) is 3.46. The second kappa shape index (κ2) is 9.91. The number of rotatable bonds is 7. The first-order valence-electron chi connectivity index (χ1n) is 8.45. The topological polar surface area (TPSA) is 56.9 Å². The summed E-state index contributed by atoms with van der Waals surface area (Å²) >= 11 is 5.82. The van der Waals surface area contributed by atoms with Crippen molar-refractivity contribution in [2.45, 2.75) is 56.8 Å². The van der Waals surface area contributed by atoms with Crippen LogP contribution < -0.4 is 0 Å². The molecule has 1 saturated carbocycles. The number of ether oxygens (including phenoxy) is 1. The lowest BCUT2D eigenvalue weighted by molar-refractivity contribution is 0.305. The zero-order chi connectivity index (χ0) is 16.7. The normalized spacial score (nSPS) is 16.7. The van der Waals surface area contributed by atoms with E-state index in [1.165, 1.54) is 0 Å². The van der Waals surface area contributed by atoms with E-state index in [0.29, 0.717) is 18.4 Å². The monoisotopic (exact) mass is 368 g/mol. The molecule has 132 valence electrons. The molecular weight excluding hydrogens is 343 g/mol. The van der Waals surface area contributed by atoms with Gasteiger partial charge in [0.15, 0.2) is 5.90 Å². The highest BCUT2D eigenvalue weighted by molar-refractivity contribution is 6.17. The van der Waals surface area contributed by atoms with Crippen LogP contribution in [0.5, 0.6) is 0 Å². The molecule has 0 heterocycles. The van der Waals surface area contributed by atoms with Crippen LogP contribution >= 0.6 is 24.0 Å². The lowest BCUT2D eigenvalue weighted by Crippen LogP contribution is -2.20. The molecule has 24 heavy (non-hydrogen) atoms. The number of hydrogen-bond acceptors (Lipinski definition) is 3. The molecule has 1 unspecified atom stereocenters. The molecule has 2 rings (SSSR count). The van der Waals surface area contributed by atoms with E-state index in [1.54, 1.807) is 0 Å². The summed E-state index contributed by atoms with van der Waals surface area (Å²) in [4.78, 5) is 0. The average Bonchev–Trinajstić information content (AvgIpc) is 3.06. The van der Waals surface area contributed by atoms with E-state index in [2.05, 4.69) is 30.3 Å². The molecule has 1 N–H and O–H groups in total. The number of halogens is 2. The van der Waals surface area contributed by atoms with Gasteiger partial charge in [-0.3, -0.25) is 5.41 Å². The first-order chi connectivity index (χ1) is 11.2. The second-order valence-electron chi connectivity index (χ2n) is 6.20. The van der Waals surface area contributed by atoms with Crippen LogP contribution in [-0.4, -0.2) is 18.4 Å². The molecule has 1 aliphatic carbocycles. The van der Waals surface area contributed by atoms with E-state index >= 15 is 0 Å². The van der Waals surface area contributed by atoms with Gasteiger partial charge in [0.1, 0.15) is 0 Å². The van der Waals surface area contributed by atoms with Crippen LogP contribution in [0.4, 0.5) is 0 Å². The largest absolute Gasteiger partial charge is 0.481 e. The molecular formula is C19H26Cl2N2O. The third kappa shape index (κ3) is 4.65. The average molecular weight is 369 g/mol. The number of benzene rings is 1. The zero-order valence-electron chi connectivity index (χ0n) is 14.2. The first-order valence-corrected chi connectivity index (χ1v) is 8.99. The highest BCUT2D eigenvalue weighted by Gasteiger charge is 2.35. The maximum atomic E-state index is 9.60. The fourth-order valence-corrected chi connectivity index (χ4v) is 3.62. The van der Waals surface area contributed by atoms with Gasteiger partial charge in [0.2, 0.25) is 0 Å². The molecule has 0 amide bonds. The molecule has 0 aromatic heterocycles. The van der Waals surface area contributed by atoms with Crippen LogP contribution in [0.1, 0.15) is 62.5 Å². The summed E-state index contributed by atoms with van der Waals surface area (Å²) in [5.74, 6) is 0.844. The summed E-state index contributed by atoms with van der Waals surface area (Å²) in [6.45, 7) is 2.40. The molecule has 1 fully saturated rings. The van der Waals surface area contributed by atoms with Gasteiger partial charge in [-0.1, -0.05) is 37.1 Å². The Hall–Kier alpha value is -1.24. The van der Waals surface area contributed by atoms with Crippen LogP contribution in [0.25, 0.3) is 0 Å². The molecule has 5 heteroatoms. The molecule has 0 aliphatic heterocycles. The maximum absolute atomic E-state index is 9.60. The predicted octanol–water partition coefficient (Wildman–Crippen LogP) is 5.56. The van der Waals surface area contributed by atoms with Crippen molar-refractivity contribution >= 4 is 29.9 Å². The van der Waals surface area contributed by atoms with Crippen molar-refractivity contribution in [2.75, 3.05) is 12.5 Å². The number of nitrogens with one attached hydrogen (secondary N) is 1. The van der Waals surface area contributed by atoms with Crippen molar-refractivity contribution in [3.8, 4) is 6.07 Å². The first kappa shape index (κ1) is 20.8. The van der Waals surface area contributed by atoms with Gasteiger partial charge >= 0.3 is 0 Å². The Bertz CT molecular complexity index is 560. The fraction of sp³-hybridized carbons (Fsp3) is 0.579. The van der Waals surface area contributed by atoms with E-state index in [4.69, 9.17) is 21.7 Å². The van der Waals surface area contributed by atoms with Crippen molar-refractivity contribution in [2.24, 2.45) is 0 Å². The Morgan fingerprint density at radius 3 is 2.46 bits per heavy atom. The van der Waals surface area contributed by atoms with Gasteiger partial charge in [0.05, 0.1) is 24.0 Å². The molecule has 0 spiro atoms. The molecule has 0 radical (unpaired) electrons. The summed E-state index contributed by atoms with van der Waals surface area (Å²) in [5.41, 5.74) is 1.88. The lowest BCUT2D eigenvalue weighted by atomic mass is 9.79. The highest BCUT2D eigenvalue weighted by Crippen LogP contribution is 2.41. The van der Waals surface area contributed by atoms with Crippen LogP contribution in [0.3, 0.4) is 0 Å². The number of alkyl halides is 1. The minimum Gasteiger partial charge on any atom is -0.481 e. The van der Waals surface area contributed by atoms with Crippen molar-refractivity contribution < 1.29 is 4.74 Å². The van der Waals surface area contributed by atoms with Gasteiger partial charge < -0.3 is 4.74 Å². The second-order valence-corrected chi connectivity index (χ2v) is 6.58. The van der Waals surface area contributed by atoms with Gasteiger partial charge in [-0.05, 0) is 43.7 Å². The summed E-state index contributed by atoms with van der Waals surface area (Å²) in [6, 6.07) is 10.8. The Morgan fingerprint density at radius 2 is 1.96 bits per heavy atom. The maximum Gasteiger partial charge on any atom is 0.188 e. The van der Waals surface area contributed by atoms with E-state index < -0.39 is 0 Å². The summed E-state index contributed by atoms with van der Waals surface area (Å²) < 4.78 is 5.41. The van der Waals surface area contributed by atoms with Crippen molar-refractivity contribution in [1.29, 1.82) is 10.7 Å². The number of nitriles is 1. The van der Waals surface area contributed by atoms with Crippen molar-refractivity contribution in [1.82, 2.24) is 0 Å². The third-order valence-electron chi connectivity index (χ3n) is 4.78. The minimum atomic E-state index is -0.308. The standard InChI is InChI=1S/C19H25ClN2O.ClH/c1-2-23-18(22)17(6-5-13-20)15-7-9-16(10-8-15)19(14-21)11-3-4-12-19;/h7-10,17,22H,2-6,11-13H2,1H3;1H. The smallest absolute Gasteiger partial charge is 0.188 e. The highest BCUT2D eigenvalue weighted by atomic mass is 35.5. The summed E-state index contributed by atoms with van der Waals surface area (Å²) in [7, 11) is 0. The van der Waals surface area contributed by atoms with Crippen LogP contribution in [-0.2, 0) is 10.2 Å². The van der Waals surface area contributed by atoms with Gasteiger partial charge in [0, 0.05) is 5.88 Å². The molecule has 1 aromatic rings. The van der Waals surface area contributed by atoms with Gasteiger partial charge in [-0.15, -0.1) is 24.0 Å². The summed E-state index contributed by atoms with van der Waals surface area (Å²) in [5, 5.41) is 17.7. The Morgan fingerprint density at radius 1 is 1.33 bits per heavy atom. The molecule has 0 saturated heterocycles. The molecule has 1 atom stereocenters. The molecule has 1 aromatic carbocycles. The Labute approximate surface area is 156 Å². The zero-order valence-corrected chi connectivity index (χ0v) is 15.8. The number of nitrogens with zero attached hydrogens (tertiary/aromatic N) is 1. The molecule has 3 nitrogen and oxygen atoms in total. The minimum absolute atomic E-state index is 0. The van der Waals surface area contributed by atoms with Gasteiger partial charge in [-0.2, -0.15) is 5.26 Å². The van der Waals surface area contributed by atoms with Crippen LogP contribution in [0.2, 0.25) is 0 Å².